The normalized spacial score (nSPS) is 10.6. The quantitative estimate of drug-likeness (QED) is 0.497. The first-order chi connectivity index (χ1) is 14.5. The molecule has 0 radical (unpaired) electrons. The standard InChI is InChI=1S/C23H26N4O3/c1-4-10-30-22-9-7-17(14-25-22)19-12-21(29)27-23(26-19)18-11-16(6-8-20(18)28)13-24-15(3)5-2/h6-9,11-12,14,24,28H,3-5,10,13H2,1-2H3,(H,26,27,29). The predicted octanol–water partition coefficient (Wildman–Crippen LogP) is 4.01. The van der Waals surface area contributed by atoms with Crippen LogP contribution in [0.15, 0.2) is 59.7 Å². The lowest BCUT2D eigenvalue weighted by Gasteiger charge is -2.11. The van der Waals surface area contributed by atoms with Crippen LogP contribution in [-0.2, 0) is 6.54 Å². The smallest absolute Gasteiger partial charge is 0.251 e. The van der Waals surface area contributed by atoms with Gasteiger partial charge in [0.05, 0.1) is 17.9 Å². The second-order valence-electron chi connectivity index (χ2n) is 6.87. The summed E-state index contributed by atoms with van der Waals surface area (Å²) in [5.41, 5.74) is 3.14. The van der Waals surface area contributed by atoms with Crippen LogP contribution < -0.4 is 15.6 Å². The van der Waals surface area contributed by atoms with E-state index in [9.17, 15) is 9.90 Å². The Morgan fingerprint density at radius 1 is 1.23 bits per heavy atom. The number of phenolic OH excluding ortho intramolecular Hbond substituents is 1. The van der Waals surface area contributed by atoms with Crippen molar-refractivity contribution in [3.8, 4) is 34.3 Å². The maximum atomic E-state index is 12.3. The van der Waals surface area contributed by atoms with Crippen LogP contribution in [0.5, 0.6) is 11.6 Å². The number of ether oxygens (including phenoxy) is 1. The number of nitrogens with zero attached hydrogens (tertiary/aromatic N) is 2. The van der Waals surface area contributed by atoms with Crippen molar-refractivity contribution in [2.75, 3.05) is 6.61 Å². The zero-order valence-electron chi connectivity index (χ0n) is 17.2. The molecule has 0 saturated carbocycles. The fraction of sp³-hybridized carbons (Fsp3) is 0.261. The summed E-state index contributed by atoms with van der Waals surface area (Å²) in [7, 11) is 0. The number of aromatic hydroxyl groups is 1. The van der Waals surface area contributed by atoms with Gasteiger partial charge in [-0.25, -0.2) is 9.97 Å². The van der Waals surface area contributed by atoms with E-state index < -0.39 is 0 Å². The maximum Gasteiger partial charge on any atom is 0.251 e. The van der Waals surface area contributed by atoms with E-state index in [1.165, 1.54) is 6.07 Å². The van der Waals surface area contributed by atoms with Crippen LogP contribution in [-0.4, -0.2) is 26.7 Å². The summed E-state index contributed by atoms with van der Waals surface area (Å²) in [6.07, 6.45) is 3.35. The molecule has 156 valence electrons. The molecule has 0 atom stereocenters. The molecule has 7 heteroatoms. The summed E-state index contributed by atoms with van der Waals surface area (Å²) in [6.45, 7) is 9.13. The van der Waals surface area contributed by atoms with Crippen molar-refractivity contribution >= 4 is 0 Å². The van der Waals surface area contributed by atoms with Gasteiger partial charge in [0.1, 0.15) is 11.6 Å². The van der Waals surface area contributed by atoms with Crippen LogP contribution in [0.3, 0.4) is 0 Å². The molecule has 7 nitrogen and oxygen atoms in total. The minimum Gasteiger partial charge on any atom is -0.507 e. The van der Waals surface area contributed by atoms with Crippen LogP contribution in [0.1, 0.15) is 32.3 Å². The molecule has 0 spiro atoms. The highest BCUT2D eigenvalue weighted by Gasteiger charge is 2.12. The Bertz CT molecular complexity index is 1070. The minimum atomic E-state index is -0.316. The van der Waals surface area contributed by atoms with Crippen LogP contribution in [0, 0.1) is 0 Å². The maximum absolute atomic E-state index is 12.3. The molecule has 0 saturated heterocycles. The second-order valence-corrected chi connectivity index (χ2v) is 6.87. The van der Waals surface area contributed by atoms with E-state index in [4.69, 9.17) is 4.74 Å². The molecule has 0 aliphatic rings. The van der Waals surface area contributed by atoms with Crippen molar-refractivity contribution in [3.63, 3.8) is 0 Å². The van der Waals surface area contributed by atoms with Crippen LogP contribution >= 0.6 is 0 Å². The van der Waals surface area contributed by atoms with Gasteiger partial charge in [0.15, 0.2) is 0 Å². The molecule has 0 fully saturated rings. The van der Waals surface area contributed by atoms with Crippen LogP contribution in [0.2, 0.25) is 0 Å². The van der Waals surface area contributed by atoms with E-state index in [2.05, 4.69) is 26.8 Å². The molecule has 3 N–H and O–H groups in total. The number of hydrogen-bond donors (Lipinski definition) is 3. The highest BCUT2D eigenvalue weighted by Crippen LogP contribution is 2.28. The first kappa shape index (κ1) is 21.1. The Hall–Kier alpha value is -3.61. The number of phenols is 1. The van der Waals surface area contributed by atoms with Crippen molar-refractivity contribution in [1.82, 2.24) is 20.3 Å². The van der Waals surface area contributed by atoms with Crippen molar-refractivity contribution in [3.05, 3.63) is 70.8 Å². The first-order valence-electron chi connectivity index (χ1n) is 9.94. The third kappa shape index (κ3) is 5.26. The molecule has 2 heterocycles. The Balaban J connectivity index is 1.91. The van der Waals surface area contributed by atoms with Crippen molar-refractivity contribution in [1.29, 1.82) is 0 Å². The number of hydrogen-bond acceptors (Lipinski definition) is 6. The number of rotatable bonds is 9. The van der Waals surface area contributed by atoms with Gasteiger partial charge < -0.3 is 20.1 Å². The van der Waals surface area contributed by atoms with Crippen molar-refractivity contribution < 1.29 is 9.84 Å². The van der Waals surface area contributed by atoms with Gasteiger partial charge in [0, 0.05) is 36.1 Å². The van der Waals surface area contributed by atoms with Gasteiger partial charge in [-0.15, -0.1) is 0 Å². The summed E-state index contributed by atoms with van der Waals surface area (Å²) < 4.78 is 5.49. The van der Waals surface area contributed by atoms with Gasteiger partial charge in [-0.3, -0.25) is 4.79 Å². The molecule has 1 aromatic carbocycles. The fourth-order valence-electron chi connectivity index (χ4n) is 2.79. The number of pyridine rings is 1. The molecular formula is C23H26N4O3. The monoisotopic (exact) mass is 406 g/mol. The van der Waals surface area contributed by atoms with Gasteiger partial charge in [-0.2, -0.15) is 0 Å². The molecule has 2 aromatic heterocycles. The Morgan fingerprint density at radius 3 is 2.77 bits per heavy atom. The van der Waals surface area contributed by atoms with Gasteiger partial charge >= 0.3 is 0 Å². The second kappa shape index (κ2) is 9.73. The lowest BCUT2D eigenvalue weighted by molar-refractivity contribution is 0.305. The van der Waals surface area contributed by atoms with Crippen molar-refractivity contribution in [2.45, 2.75) is 33.2 Å². The van der Waals surface area contributed by atoms with Crippen molar-refractivity contribution in [2.24, 2.45) is 0 Å². The summed E-state index contributed by atoms with van der Waals surface area (Å²) in [6, 6.07) is 10.2. The SMILES string of the molecule is C=C(CC)NCc1ccc(O)c(-c2nc(-c3ccc(OCCC)nc3)cc(=O)[nH]2)c1. The lowest BCUT2D eigenvalue weighted by Crippen LogP contribution is -2.12. The van der Waals surface area contributed by atoms with E-state index in [1.807, 2.05) is 19.9 Å². The zero-order chi connectivity index (χ0) is 21.5. The van der Waals surface area contributed by atoms with Crippen LogP contribution in [0.25, 0.3) is 22.6 Å². The summed E-state index contributed by atoms with van der Waals surface area (Å²) >= 11 is 0. The molecule has 0 amide bonds. The fourth-order valence-corrected chi connectivity index (χ4v) is 2.79. The average molecular weight is 406 g/mol. The van der Waals surface area contributed by atoms with E-state index >= 15 is 0 Å². The third-order valence-corrected chi connectivity index (χ3v) is 4.51. The van der Waals surface area contributed by atoms with Crippen LogP contribution in [0.4, 0.5) is 0 Å². The van der Waals surface area contributed by atoms with E-state index in [0.717, 1.165) is 24.1 Å². The lowest BCUT2D eigenvalue weighted by atomic mass is 10.1. The zero-order valence-corrected chi connectivity index (χ0v) is 17.2. The average Bonchev–Trinajstić information content (AvgIpc) is 2.76. The summed E-state index contributed by atoms with van der Waals surface area (Å²) in [5.74, 6) is 0.851. The highest BCUT2D eigenvalue weighted by atomic mass is 16.5. The van der Waals surface area contributed by atoms with Gasteiger partial charge in [-0.1, -0.05) is 26.5 Å². The van der Waals surface area contributed by atoms with E-state index in [1.54, 1.807) is 30.5 Å². The number of benzene rings is 1. The molecule has 3 aromatic rings. The van der Waals surface area contributed by atoms with E-state index in [0.29, 0.717) is 35.9 Å². The molecular weight excluding hydrogens is 380 g/mol. The van der Waals surface area contributed by atoms with Gasteiger partial charge in [0.2, 0.25) is 5.88 Å². The number of H-pyrrole nitrogens is 1. The Kier molecular flexibility index (Phi) is 6.85. The number of nitrogens with one attached hydrogen (secondary N) is 2. The third-order valence-electron chi connectivity index (χ3n) is 4.51. The molecule has 3 rings (SSSR count). The molecule has 0 aliphatic heterocycles. The molecule has 30 heavy (non-hydrogen) atoms. The Labute approximate surface area is 175 Å². The Morgan fingerprint density at radius 2 is 2.07 bits per heavy atom. The van der Waals surface area contributed by atoms with Gasteiger partial charge in [0.25, 0.3) is 5.56 Å². The minimum absolute atomic E-state index is 0.0369. The van der Waals surface area contributed by atoms with Gasteiger partial charge in [-0.05, 0) is 36.6 Å². The molecule has 0 unspecified atom stereocenters. The van der Waals surface area contributed by atoms with E-state index in [-0.39, 0.29) is 17.1 Å². The topological polar surface area (TPSA) is 100 Å². The molecule has 0 aliphatic carbocycles. The summed E-state index contributed by atoms with van der Waals surface area (Å²) in [4.78, 5) is 23.8. The highest BCUT2D eigenvalue weighted by molar-refractivity contribution is 5.67. The summed E-state index contributed by atoms with van der Waals surface area (Å²) in [5, 5.41) is 13.6. The molecule has 0 bridgehead atoms. The largest absolute Gasteiger partial charge is 0.507 e. The number of aromatic nitrogens is 3. The first-order valence-corrected chi connectivity index (χ1v) is 9.94. The predicted molar refractivity (Wildman–Crippen MR) is 117 cm³/mol. The number of aromatic amines is 1. The number of allylic oxidation sites excluding steroid dienone is 1.